The van der Waals surface area contributed by atoms with Gasteiger partial charge in [-0.15, -0.1) is 11.3 Å². The van der Waals surface area contributed by atoms with E-state index >= 15 is 0 Å². The molecule has 118 valence electrons. The fourth-order valence-electron chi connectivity index (χ4n) is 4.27. The average molecular weight is 320 g/mol. The van der Waals surface area contributed by atoms with Crippen LogP contribution >= 0.6 is 11.3 Å². The van der Waals surface area contributed by atoms with Crippen LogP contribution in [0.4, 0.5) is 5.13 Å². The van der Waals surface area contributed by atoms with Crippen molar-refractivity contribution in [2.24, 2.45) is 17.8 Å². The van der Waals surface area contributed by atoms with Gasteiger partial charge in [0.05, 0.1) is 11.3 Å². The second-order valence-electron chi connectivity index (χ2n) is 6.20. The number of carboxylic acid groups (broad SMARTS) is 1. The highest BCUT2D eigenvalue weighted by Crippen LogP contribution is 2.51. The molecule has 0 saturated heterocycles. The Hall–Kier alpha value is -1.69. The number of carboxylic acids is 1. The van der Waals surface area contributed by atoms with Crippen LogP contribution in [0.2, 0.25) is 0 Å². The number of carbonyl (C=O) groups is 2. The fraction of sp³-hybridized carbons (Fsp3) is 0.562. The second kappa shape index (κ2) is 6.20. The predicted molar refractivity (Wildman–Crippen MR) is 85.6 cm³/mol. The molecular formula is C16H20N2O3S. The van der Waals surface area contributed by atoms with Crippen molar-refractivity contribution in [2.75, 3.05) is 5.32 Å². The van der Waals surface area contributed by atoms with Gasteiger partial charge in [-0.1, -0.05) is 18.4 Å². The van der Waals surface area contributed by atoms with Gasteiger partial charge in [0.2, 0.25) is 6.41 Å². The van der Waals surface area contributed by atoms with Gasteiger partial charge in [0.25, 0.3) is 0 Å². The number of fused-ring (bicyclic) bond motifs is 1. The third-order valence-corrected chi connectivity index (χ3v) is 5.96. The molecule has 6 heteroatoms. The van der Waals surface area contributed by atoms with Gasteiger partial charge in [-0.05, 0) is 43.9 Å². The number of nitrogens with zero attached hydrogens (tertiary/aromatic N) is 1. The van der Waals surface area contributed by atoms with Crippen molar-refractivity contribution in [3.8, 4) is 0 Å². The summed E-state index contributed by atoms with van der Waals surface area (Å²) in [5.74, 6) is 0.850. The molecule has 1 aromatic heterocycles. The lowest BCUT2D eigenvalue weighted by molar-refractivity contribution is -0.130. The zero-order chi connectivity index (χ0) is 15.7. The van der Waals surface area contributed by atoms with Gasteiger partial charge in [0, 0.05) is 5.38 Å². The molecule has 0 radical (unpaired) electrons. The van der Waals surface area contributed by atoms with E-state index in [0.717, 1.165) is 17.9 Å². The Morgan fingerprint density at radius 3 is 2.95 bits per heavy atom. The lowest BCUT2D eigenvalue weighted by Crippen LogP contribution is -2.14. The van der Waals surface area contributed by atoms with Crippen LogP contribution in [0.25, 0.3) is 5.57 Å². The number of hydrogen-bond acceptors (Lipinski definition) is 4. The van der Waals surface area contributed by atoms with Gasteiger partial charge in [-0.3, -0.25) is 4.79 Å². The quantitative estimate of drug-likeness (QED) is 0.644. The van der Waals surface area contributed by atoms with E-state index in [0.29, 0.717) is 34.6 Å². The van der Waals surface area contributed by atoms with Crippen LogP contribution in [0.3, 0.4) is 0 Å². The number of carbonyl (C=O) groups excluding carboxylic acids is 1. The molecule has 2 fully saturated rings. The molecule has 5 nitrogen and oxygen atoms in total. The summed E-state index contributed by atoms with van der Waals surface area (Å²) in [4.78, 5) is 26.5. The normalized spacial score (nSPS) is 28.1. The lowest BCUT2D eigenvalue weighted by Gasteiger charge is -2.21. The molecule has 1 heterocycles. The maximum Gasteiger partial charge on any atom is 0.337 e. The first kappa shape index (κ1) is 15.2. The maximum atomic E-state index is 11.8. The number of hydrogen-bond donors (Lipinski definition) is 2. The Labute approximate surface area is 133 Å². The SMILES string of the molecule is C/C(=C(/C(=O)O)c1csc(NC=O)n1)C1CC[C@H]2CCC[C@@H]12. The van der Waals surface area contributed by atoms with Crippen molar-refractivity contribution in [3.63, 3.8) is 0 Å². The van der Waals surface area contributed by atoms with E-state index in [2.05, 4.69) is 10.3 Å². The number of amides is 1. The van der Waals surface area contributed by atoms with E-state index in [1.165, 1.54) is 37.0 Å². The standard InChI is InChI=1S/C16H20N2O3S/c1-9(11-6-5-10-3-2-4-12(10)11)14(15(20)21)13-7-22-16(18-13)17-8-19/h7-8,10-12H,2-6H2,1H3,(H,20,21)(H,17,18,19)/b14-9-/t10-,11?,12-/m1/s1. The fourth-order valence-corrected chi connectivity index (χ4v) is 4.93. The van der Waals surface area contributed by atoms with Crippen LogP contribution in [-0.2, 0) is 9.59 Å². The summed E-state index contributed by atoms with van der Waals surface area (Å²) < 4.78 is 0. The minimum atomic E-state index is -0.929. The number of anilines is 1. The van der Waals surface area contributed by atoms with Gasteiger partial charge in [0.15, 0.2) is 5.13 Å². The molecular weight excluding hydrogens is 300 g/mol. The summed E-state index contributed by atoms with van der Waals surface area (Å²) in [6, 6.07) is 0. The molecule has 3 atom stereocenters. The van der Waals surface area contributed by atoms with Crippen LogP contribution in [0, 0.1) is 17.8 Å². The van der Waals surface area contributed by atoms with Gasteiger partial charge >= 0.3 is 5.97 Å². The van der Waals surface area contributed by atoms with Crippen molar-refractivity contribution < 1.29 is 14.7 Å². The zero-order valence-electron chi connectivity index (χ0n) is 12.5. The third-order valence-electron chi connectivity index (χ3n) is 5.19. The highest BCUT2D eigenvalue weighted by Gasteiger charge is 2.41. The first-order chi connectivity index (χ1) is 10.6. The molecule has 3 rings (SSSR count). The van der Waals surface area contributed by atoms with E-state index in [9.17, 15) is 14.7 Å². The summed E-state index contributed by atoms with van der Waals surface area (Å²) in [6.45, 7) is 1.95. The Bertz CT molecular complexity index is 623. The van der Waals surface area contributed by atoms with E-state index in [1.807, 2.05) is 6.92 Å². The first-order valence-electron chi connectivity index (χ1n) is 7.72. The van der Waals surface area contributed by atoms with Crippen LogP contribution < -0.4 is 5.32 Å². The van der Waals surface area contributed by atoms with Crippen molar-refractivity contribution in [3.05, 3.63) is 16.6 Å². The summed E-state index contributed by atoms with van der Waals surface area (Å²) in [5.41, 5.74) is 1.72. The van der Waals surface area contributed by atoms with Gasteiger partial charge in [-0.2, -0.15) is 0 Å². The second-order valence-corrected chi connectivity index (χ2v) is 7.06. The van der Waals surface area contributed by atoms with Crippen molar-refractivity contribution in [2.45, 2.75) is 39.0 Å². The highest BCUT2D eigenvalue weighted by molar-refractivity contribution is 7.14. The molecule has 0 aromatic carbocycles. The Kier molecular flexibility index (Phi) is 4.29. The molecule has 1 aromatic rings. The number of allylic oxidation sites excluding steroid dienone is 1. The number of nitrogens with one attached hydrogen (secondary N) is 1. The molecule has 2 saturated carbocycles. The molecule has 0 aliphatic heterocycles. The Balaban J connectivity index is 1.94. The molecule has 1 amide bonds. The third kappa shape index (κ3) is 2.67. The summed E-state index contributed by atoms with van der Waals surface area (Å²) in [7, 11) is 0. The number of thiazole rings is 1. The minimum Gasteiger partial charge on any atom is -0.478 e. The maximum absolute atomic E-state index is 11.8. The Morgan fingerprint density at radius 2 is 2.23 bits per heavy atom. The van der Waals surface area contributed by atoms with E-state index in [4.69, 9.17) is 0 Å². The summed E-state index contributed by atoms with van der Waals surface area (Å²) in [5, 5.41) is 14.3. The Morgan fingerprint density at radius 1 is 1.41 bits per heavy atom. The van der Waals surface area contributed by atoms with Gasteiger partial charge in [0.1, 0.15) is 0 Å². The van der Waals surface area contributed by atoms with Crippen molar-refractivity contribution in [1.29, 1.82) is 0 Å². The van der Waals surface area contributed by atoms with Crippen LogP contribution in [0.5, 0.6) is 0 Å². The van der Waals surface area contributed by atoms with Crippen molar-refractivity contribution >= 4 is 34.4 Å². The number of rotatable bonds is 5. The van der Waals surface area contributed by atoms with Gasteiger partial charge < -0.3 is 10.4 Å². The predicted octanol–water partition coefficient (Wildman–Crippen LogP) is 3.40. The van der Waals surface area contributed by atoms with Crippen LogP contribution in [-0.4, -0.2) is 22.5 Å². The topological polar surface area (TPSA) is 79.3 Å². The summed E-state index contributed by atoms with van der Waals surface area (Å²) in [6.07, 6.45) is 6.64. The molecule has 0 bridgehead atoms. The monoisotopic (exact) mass is 320 g/mol. The smallest absolute Gasteiger partial charge is 0.337 e. The molecule has 2 aliphatic rings. The summed E-state index contributed by atoms with van der Waals surface area (Å²) >= 11 is 1.25. The van der Waals surface area contributed by atoms with E-state index in [1.54, 1.807) is 5.38 Å². The zero-order valence-corrected chi connectivity index (χ0v) is 13.4. The minimum absolute atomic E-state index is 0.313. The van der Waals surface area contributed by atoms with E-state index < -0.39 is 5.97 Å². The molecule has 1 unspecified atom stereocenters. The highest BCUT2D eigenvalue weighted by atomic mass is 32.1. The number of aliphatic carboxylic acids is 1. The first-order valence-corrected chi connectivity index (χ1v) is 8.60. The average Bonchev–Trinajstić information content (AvgIpc) is 3.14. The van der Waals surface area contributed by atoms with Crippen LogP contribution in [0.1, 0.15) is 44.7 Å². The van der Waals surface area contributed by atoms with Crippen LogP contribution in [0.15, 0.2) is 11.0 Å². The molecule has 2 N–H and O–H groups in total. The lowest BCUT2D eigenvalue weighted by atomic mass is 9.84. The van der Waals surface area contributed by atoms with E-state index in [-0.39, 0.29) is 0 Å². The molecule has 0 spiro atoms. The van der Waals surface area contributed by atoms with Crippen molar-refractivity contribution in [1.82, 2.24) is 4.98 Å². The number of aromatic nitrogens is 1. The molecule has 2 aliphatic carbocycles. The molecule has 22 heavy (non-hydrogen) atoms. The largest absolute Gasteiger partial charge is 0.478 e. The van der Waals surface area contributed by atoms with Gasteiger partial charge in [-0.25, -0.2) is 9.78 Å².